The summed E-state index contributed by atoms with van der Waals surface area (Å²) >= 11 is 0. The molecule has 0 amide bonds. The molecule has 0 N–H and O–H groups in total. The first-order valence-electron chi connectivity index (χ1n) is 15.2. The first kappa shape index (κ1) is 26.4. The number of hydrogen-bond donors (Lipinski definition) is 0. The lowest BCUT2D eigenvalue weighted by molar-refractivity contribution is -0.0562. The van der Waals surface area contributed by atoms with E-state index < -0.39 is 0 Å². The molecule has 3 fully saturated rings. The van der Waals surface area contributed by atoms with Crippen LogP contribution in [0, 0.1) is 46.3 Å². The maximum atomic E-state index is 6.10. The largest absolute Gasteiger partial charge is 0.572 e. The molecule has 0 saturated heterocycles. The summed E-state index contributed by atoms with van der Waals surface area (Å²) in [6.07, 6.45) is 17.8. The zero-order valence-electron chi connectivity index (χ0n) is 23.7. The lowest BCUT2D eigenvalue weighted by Gasteiger charge is -2.58. The van der Waals surface area contributed by atoms with Crippen LogP contribution >= 0.6 is 0 Å². The second kappa shape index (κ2) is 10.9. The Balaban J connectivity index is 1.20. The van der Waals surface area contributed by atoms with Crippen molar-refractivity contribution in [3.63, 3.8) is 0 Å². The van der Waals surface area contributed by atoms with E-state index in [4.69, 9.17) is 9.31 Å². The average molecular weight is 490 g/mol. The zero-order valence-corrected chi connectivity index (χ0v) is 23.7. The number of rotatable bonds is 9. The van der Waals surface area contributed by atoms with Gasteiger partial charge in [0, 0.05) is 6.10 Å². The summed E-state index contributed by atoms with van der Waals surface area (Å²) in [5.74, 6) is 6.23. The van der Waals surface area contributed by atoms with Crippen molar-refractivity contribution >= 4 is 7.69 Å². The molecule has 1 aromatic rings. The monoisotopic (exact) mass is 489 g/mol. The van der Waals surface area contributed by atoms with Crippen LogP contribution in [0.5, 0.6) is 5.75 Å². The van der Waals surface area contributed by atoms with Crippen LogP contribution in [0.4, 0.5) is 0 Å². The van der Waals surface area contributed by atoms with Crippen LogP contribution in [0.1, 0.15) is 105 Å². The summed E-state index contributed by atoms with van der Waals surface area (Å²) in [6.45, 7) is 12.7. The van der Waals surface area contributed by atoms with E-state index in [0.717, 1.165) is 54.1 Å². The van der Waals surface area contributed by atoms with E-state index in [1.807, 2.05) is 30.3 Å². The van der Waals surface area contributed by atoms with Crippen LogP contribution in [0.15, 0.2) is 42.0 Å². The Bertz CT molecular complexity index is 896. The molecule has 4 aliphatic rings. The molecule has 1 unspecified atom stereocenters. The minimum Gasteiger partial charge on any atom is -0.537 e. The third-order valence-corrected chi connectivity index (χ3v) is 11.4. The standard InChI is InChI=1S/C33H50BO2/c1-23(2)10-9-11-24(3)29-16-17-30-28-15-14-25-22-27(36-34-35-26-12-7-6-8-13-26)18-20-32(25,4)31(28)19-21-33(29,30)5/h6-8,12-14,23-24,27-31H,9-11,15-22H2,1-5H3/t24?,27-,28-,29+,30-,31-,32-,33+/m0/s1. The van der Waals surface area contributed by atoms with E-state index in [9.17, 15) is 0 Å². The van der Waals surface area contributed by atoms with Gasteiger partial charge in [-0.25, -0.2) is 0 Å². The van der Waals surface area contributed by atoms with E-state index in [1.165, 1.54) is 57.8 Å². The van der Waals surface area contributed by atoms with Gasteiger partial charge in [0.05, 0.1) is 5.75 Å². The molecule has 0 heterocycles. The maximum absolute atomic E-state index is 6.10. The fraction of sp³-hybridized carbons (Fsp3) is 0.758. The first-order chi connectivity index (χ1) is 17.3. The molecule has 5 rings (SSSR count). The third kappa shape index (κ3) is 5.08. The van der Waals surface area contributed by atoms with E-state index in [-0.39, 0.29) is 6.10 Å². The summed E-state index contributed by atoms with van der Waals surface area (Å²) in [5.41, 5.74) is 2.64. The summed E-state index contributed by atoms with van der Waals surface area (Å²) < 4.78 is 11.8. The average Bonchev–Trinajstić information content (AvgIpc) is 3.22. The minimum absolute atomic E-state index is 0.251. The maximum Gasteiger partial charge on any atom is 0.572 e. The summed E-state index contributed by atoms with van der Waals surface area (Å²) in [6, 6.07) is 9.94. The van der Waals surface area contributed by atoms with Crippen LogP contribution in [-0.2, 0) is 4.65 Å². The summed E-state index contributed by atoms with van der Waals surface area (Å²) in [5, 5.41) is 0. The Morgan fingerprint density at radius 2 is 1.75 bits per heavy atom. The van der Waals surface area contributed by atoms with Crippen LogP contribution in [0.3, 0.4) is 0 Å². The van der Waals surface area contributed by atoms with Crippen molar-refractivity contribution in [3.05, 3.63) is 42.0 Å². The molecule has 0 bridgehead atoms. The van der Waals surface area contributed by atoms with Gasteiger partial charge in [0.25, 0.3) is 0 Å². The van der Waals surface area contributed by atoms with Gasteiger partial charge in [-0.2, -0.15) is 0 Å². The SMILES string of the molecule is CC(C)CCCC(C)[C@H]1CC[C@H]2[C@@H]3CC=C4C[C@@H](O[B]Oc5ccccc5)CC[C@]4(C)[C@H]3CC[C@]12C. The van der Waals surface area contributed by atoms with Crippen molar-refractivity contribution in [2.24, 2.45) is 46.3 Å². The second-order valence-electron chi connectivity index (χ2n) is 13.8. The predicted octanol–water partition coefficient (Wildman–Crippen LogP) is 9.03. The van der Waals surface area contributed by atoms with E-state index in [0.29, 0.717) is 10.8 Å². The molecule has 1 radical (unpaired) electrons. The molecular weight excluding hydrogens is 439 g/mol. The van der Waals surface area contributed by atoms with Crippen molar-refractivity contribution in [1.29, 1.82) is 0 Å². The molecule has 36 heavy (non-hydrogen) atoms. The Hall–Kier alpha value is -1.22. The molecular formula is C33H50BO2. The van der Waals surface area contributed by atoms with Gasteiger partial charge in [-0.15, -0.1) is 0 Å². The lowest BCUT2D eigenvalue weighted by Crippen LogP contribution is -2.51. The number of fused-ring (bicyclic) bond motifs is 5. The van der Waals surface area contributed by atoms with Crippen LogP contribution in [-0.4, -0.2) is 13.8 Å². The number of para-hydroxylation sites is 1. The fourth-order valence-corrected chi connectivity index (χ4v) is 9.43. The van der Waals surface area contributed by atoms with Gasteiger partial charge in [-0.3, -0.25) is 0 Å². The zero-order chi connectivity index (χ0) is 25.3. The fourth-order valence-electron chi connectivity index (χ4n) is 9.43. The third-order valence-electron chi connectivity index (χ3n) is 11.4. The minimum atomic E-state index is 0.251. The lowest BCUT2D eigenvalue weighted by atomic mass is 9.47. The smallest absolute Gasteiger partial charge is 0.537 e. The molecule has 8 atom stereocenters. The van der Waals surface area contributed by atoms with Gasteiger partial charge < -0.3 is 9.31 Å². The molecule has 197 valence electrons. The molecule has 2 nitrogen and oxygen atoms in total. The Morgan fingerprint density at radius 1 is 0.944 bits per heavy atom. The van der Waals surface area contributed by atoms with Gasteiger partial charge in [0.1, 0.15) is 0 Å². The highest BCUT2D eigenvalue weighted by molar-refractivity contribution is 6.19. The first-order valence-corrected chi connectivity index (χ1v) is 15.2. The van der Waals surface area contributed by atoms with Crippen molar-refractivity contribution in [2.75, 3.05) is 0 Å². The Morgan fingerprint density at radius 3 is 2.53 bits per heavy atom. The number of benzene rings is 1. The van der Waals surface area contributed by atoms with Crippen molar-refractivity contribution in [2.45, 2.75) is 111 Å². The van der Waals surface area contributed by atoms with E-state index >= 15 is 0 Å². The Labute approximate surface area is 222 Å². The highest BCUT2D eigenvalue weighted by Crippen LogP contribution is 2.67. The highest BCUT2D eigenvalue weighted by atomic mass is 16.6. The van der Waals surface area contributed by atoms with Crippen LogP contribution in [0.25, 0.3) is 0 Å². The molecule has 0 aromatic heterocycles. The molecule has 4 aliphatic carbocycles. The second-order valence-corrected chi connectivity index (χ2v) is 13.8. The van der Waals surface area contributed by atoms with Gasteiger partial charge >= 0.3 is 7.69 Å². The number of hydrogen-bond acceptors (Lipinski definition) is 2. The molecule has 3 heteroatoms. The molecule has 3 saturated carbocycles. The van der Waals surface area contributed by atoms with Gasteiger partial charge in [0.15, 0.2) is 0 Å². The predicted molar refractivity (Wildman–Crippen MR) is 151 cm³/mol. The van der Waals surface area contributed by atoms with Crippen molar-refractivity contribution in [1.82, 2.24) is 0 Å². The highest BCUT2D eigenvalue weighted by Gasteiger charge is 2.59. The quantitative estimate of drug-likeness (QED) is 0.254. The summed E-state index contributed by atoms with van der Waals surface area (Å²) in [7, 11) is 1.57. The van der Waals surface area contributed by atoms with Gasteiger partial charge in [-0.05, 0) is 110 Å². The Kier molecular flexibility index (Phi) is 7.97. The topological polar surface area (TPSA) is 18.5 Å². The number of allylic oxidation sites excluding steroid dienone is 1. The van der Waals surface area contributed by atoms with Crippen LogP contribution < -0.4 is 4.65 Å². The summed E-state index contributed by atoms with van der Waals surface area (Å²) in [4.78, 5) is 0. The van der Waals surface area contributed by atoms with Crippen LogP contribution in [0.2, 0.25) is 0 Å². The molecule has 0 spiro atoms. The van der Waals surface area contributed by atoms with Gasteiger partial charge in [0.2, 0.25) is 0 Å². The van der Waals surface area contributed by atoms with E-state index in [1.54, 1.807) is 13.3 Å². The normalized spacial score (nSPS) is 38.5. The molecule has 1 aromatic carbocycles. The molecule has 0 aliphatic heterocycles. The van der Waals surface area contributed by atoms with Crippen molar-refractivity contribution in [3.8, 4) is 5.75 Å². The van der Waals surface area contributed by atoms with Gasteiger partial charge in [-0.1, -0.05) is 83.7 Å². The van der Waals surface area contributed by atoms with E-state index in [2.05, 4.69) is 40.7 Å². The van der Waals surface area contributed by atoms with Crippen molar-refractivity contribution < 1.29 is 9.31 Å².